The average Bonchev–Trinajstić information content (AvgIpc) is 2.27. The van der Waals surface area contributed by atoms with E-state index in [1.807, 2.05) is 30.3 Å². The largest absolute Gasteiger partial charge is 0.443 e. The van der Waals surface area contributed by atoms with Gasteiger partial charge in [-0.25, -0.2) is 4.79 Å². The zero-order valence-electron chi connectivity index (χ0n) is 9.72. The monoisotopic (exact) mass is 219 g/mol. The fourth-order valence-electron chi connectivity index (χ4n) is 1.09. The van der Waals surface area contributed by atoms with Gasteiger partial charge in [-0.05, 0) is 17.9 Å². The van der Waals surface area contributed by atoms with E-state index < -0.39 is 6.09 Å². The molecule has 0 N–H and O–H groups in total. The van der Waals surface area contributed by atoms with Crippen molar-refractivity contribution in [3.8, 4) is 0 Å². The predicted molar refractivity (Wildman–Crippen MR) is 64.6 cm³/mol. The van der Waals surface area contributed by atoms with Crippen molar-refractivity contribution in [2.45, 2.75) is 26.9 Å². The van der Waals surface area contributed by atoms with Gasteiger partial charge in [-0.15, -0.1) is 0 Å². The van der Waals surface area contributed by atoms with Gasteiger partial charge in [0.25, 0.3) is 0 Å². The van der Waals surface area contributed by atoms with Gasteiger partial charge in [-0.1, -0.05) is 44.2 Å². The Kier molecular flexibility index (Phi) is 5.26. The highest BCUT2D eigenvalue weighted by Gasteiger charge is 1.99. The quantitative estimate of drug-likeness (QED) is 0.727. The van der Waals surface area contributed by atoms with Crippen LogP contribution in [-0.2, 0) is 11.3 Å². The van der Waals surface area contributed by atoms with Gasteiger partial charge in [0.15, 0.2) is 0 Å². The summed E-state index contributed by atoms with van der Waals surface area (Å²) < 4.78 is 4.97. The Labute approximate surface area is 96.2 Å². The number of benzene rings is 1. The van der Waals surface area contributed by atoms with E-state index in [0.717, 1.165) is 12.0 Å². The second-order valence-electron chi connectivity index (χ2n) is 3.98. The topological polar surface area (TPSA) is 38.7 Å². The van der Waals surface area contributed by atoms with Gasteiger partial charge in [0, 0.05) is 6.21 Å². The average molecular weight is 219 g/mol. The minimum Gasteiger partial charge on any atom is -0.443 e. The van der Waals surface area contributed by atoms with Crippen molar-refractivity contribution in [1.29, 1.82) is 0 Å². The summed E-state index contributed by atoms with van der Waals surface area (Å²) in [6.07, 6.45) is 1.88. The van der Waals surface area contributed by atoms with Gasteiger partial charge in [0.1, 0.15) is 6.61 Å². The van der Waals surface area contributed by atoms with Crippen molar-refractivity contribution < 1.29 is 9.53 Å². The Morgan fingerprint density at radius 1 is 1.38 bits per heavy atom. The lowest BCUT2D eigenvalue weighted by Gasteiger charge is -2.01. The first-order valence-electron chi connectivity index (χ1n) is 5.41. The Hall–Kier alpha value is -1.64. The Morgan fingerprint density at radius 3 is 2.69 bits per heavy atom. The van der Waals surface area contributed by atoms with Crippen molar-refractivity contribution in [2.75, 3.05) is 0 Å². The van der Waals surface area contributed by atoms with Crippen LogP contribution in [0, 0.1) is 5.92 Å². The molecule has 0 saturated heterocycles. The van der Waals surface area contributed by atoms with Gasteiger partial charge in [0.2, 0.25) is 0 Å². The summed E-state index contributed by atoms with van der Waals surface area (Å²) in [6, 6.07) is 9.55. The summed E-state index contributed by atoms with van der Waals surface area (Å²) in [5.41, 5.74) is 0.968. The lowest BCUT2D eigenvalue weighted by atomic mass is 10.2. The summed E-state index contributed by atoms with van der Waals surface area (Å²) in [4.78, 5) is 14.9. The molecule has 1 amide bonds. The highest BCUT2D eigenvalue weighted by Crippen LogP contribution is 2.01. The molecule has 0 bridgehead atoms. The van der Waals surface area contributed by atoms with Crippen LogP contribution >= 0.6 is 0 Å². The van der Waals surface area contributed by atoms with Crippen molar-refractivity contribution in [2.24, 2.45) is 10.9 Å². The lowest BCUT2D eigenvalue weighted by molar-refractivity contribution is 0.151. The molecule has 1 aromatic rings. The highest BCUT2D eigenvalue weighted by atomic mass is 16.5. The number of hydrogen-bond acceptors (Lipinski definition) is 2. The normalized spacial score (nSPS) is 10.9. The number of aliphatic imine (C=N–C) groups is 1. The lowest BCUT2D eigenvalue weighted by Crippen LogP contribution is -2.00. The number of rotatable bonds is 4. The van der Waals surface area contributed by atoms with E-state index in [4.69, 9.17) is 4.74 Å². The van der Waals surface area contributed by atoms with Crippen molar-refractivity contribution in [3.63, 3.8) is 0 Å². The van der Waals surface area contributed by atoms with E-state index in [9.17, 15) is 4.79 Å². The van der Waals surface area contributed by atoms with Crippen LogP contribution < -0.4 is 0 Å². The van der Waals surface area contributed by atoms with Crippen LogP contribution in [0.4, 0.5) is 4.79 Å². The number of ether oxygens (including phenoxy) is 1. The van der Waals surface area contributed by atoms with Crippen molar-refractivity contribution in [3.05, 3.63) is 35.9 Å². The number of carbonyl (C=O) groups excluding carboxylic acids is 1. The summed E-state index contributed by atoms with van der Waals surface area (Å²) in [7, 11) is 0. The Balaban J connectivity index is 2.28. The molecule has 0 unspecified atom stereocenters. The third kappa shape index (κ3) is 5.29. The maximum atomic E-state index is 11.2. The standard InChI is InChI=1S/C13H17NO2/c1-11(2)8-9-14-13(15)16-10-12-6-4-3-5-7-12/h3-7,9,11H,8,10H2,1-2H3/b14-9+. The summed E-state index contributed by atoms with van der Waals surface area (Å²) in [5.74, 6) is 0.505. The van der Waals surface area contributed by atoms with E-state index in [1.165, 1.54) is 0 Å². The van der Waals surface area contributed by atoms with Gasteiger partial charge in [-0.3, -0.25) is 0 Å². The number of carbonyl (C=O) groups is 1. The third-order valence-corrected chi connectivity index (χ3v) is 1.98. The van der Waals surface area contributed by atoms with Crippen LogP contribution in [0.3, 0.4) is 0 Å². The molecule has 1 aromatic carbocycles. The minimum absolute atomic E-state index is 0.276. The molecule has 0 spiro atoms. The molecule has 3 heteroatoms. The molecule has 0 radical (unpaired) electrons. The van der Waals surface area contributed by atoms with Crippen molar-refractivity contribution in [1.82, 2.24) is 0 Å². The summed E-state index contributed by atoms with van der Waals surface area (Å²) in [6.45, 7) is 4.42. The van der Waals surface area contributed by atoms with E-state index in [2.05, 4.69) is 18.8 Å². The molecule has 0 aromatic heterocycles. The van der Waals surface area contributed by atoms with Crippen LogP contribution in [0.2, 0.25) is 0 Å². The molecule has 3 nitrogen and oxygen atoms in total. The summed E-state index contributed by atoms with van der Waals surface area (Å²) >= 11 is 0. The zero-order valence-corrected chi connectivity index (χ0v) is 9.72. The van der Waals surface area contributed by atoms with E-state index >= 15 is 0 Å². The number of hydrogen-bond donors (Lipinski definition) is 0. The minimum atomic E-state index is -0.524. The van der Waals surface area contributed by atoms with Crippen LogP contribution in [0.5, 0.6) is 0 Å². The molecular formula is C13H17NO2. The predicted octanol–water partition coefficient (Wildman–Crippen LogP) is 3.44. The highest BCUT2D eigenvalue weighted by molar-refractivity contribution is 5.79. The van der Waals surface area contributed by atoms with Gasteiger partial charge in [0.05, 0.1) is 0 Å². The molecular weight excluding hydrogens is 202 g/mol. The number of nitrogens with zero attached hydrogens (tertiary/aromatic N) is 1. The van der Waals surface area contributed by atoms with Crippen LogP contribution in [0.1, 0.15) is 25.8 Å². The van der Waals surface area contributed by atoms with Crippen LogP contribution in [-0.4, -0.2) is 12.3 Å². The molecule has 86 valence electrons. The van der Waals surface area contributed by atoms with Gasteiger partial charge < -0.3 is 4.74 Å². The van der Waals surface area contributed by atoms with Gasteiger partial charge >= 0.3 is 6.09 Å². The van der Waals surface area contributed by atoms with E-state index in [0.29, 0.717) is 5.92 Å². The molecule has 0 aliphatic heterocycles. The molecule has 0 aliphatic carbocycles. The fourth-order valence-corrected chi connectivity index (χ4v) is 1.09. The maximum absolute atomic E-state index is 11.2. The second kappa shape index (κ2) is 6.77. The molecule has 0 atom stereocenters. The first kappa shape index (κ1) is 12.4. The zero-order chi connectivity index (χ0) is 11.8. The van der Waals surface area contributed by atoms with E-state index in [1.54, 1.807) is 6.21 Å². The smallest absolute Gasteiger partial charge is 0.433 e. The molecule has 0 heterocycles. The Morgan fingerprint density at radius 2 is 2.06 bits per heavy atom. The SMILES string of the molecule is CC(C)C/C=N/C(=O)OCc1ccccc1. The molecule has 16 heavy (non-hydrogen) atoms. The third-order valence-electron chi connectivity index (χ3n) is 1.98. The molecule has 0 fully saturated rings. The first-order chi connectivity index (χ1) is 7.68. The van der Waals surface area contributed by atoms with Crippen LogP contribution in [0.25, 0.3) is 0 Å². The van der Waals surface area contributed by atoms with E-state index in [-0.39, 0.29) is 6.61 Å². The van der Waals surface area contributed by atoms with Gasteiger partial charge in [-0.2, -0.15) is 4.99 Å². The number of amides is 1. The first-order valence-corrected chi connectivity index (χ1v) is 5.41. The molecule has 0 saturated carbocycles. The molecule has 1 rings (SSSR count). The maximum Gasteiger partial charge on any atom is 0.433 e. The van der Waals surface area contributed by atoms with Crippen molar-refractivity contribution >= 4 is 12.3 Å². The summed E-state index contributed by atoms with van der Waals surface area (Å²) in [5, 5.41) is 0. The fraction of sp³-hybridized carbons (Fsp3) is 0.385. The Bertz CT molecular complexity index is 344. The molecule has 0 aliphatic rings. The second-order valence-corrected chi connectivity index (χ2v) is 3.98. The van der Waals surface area contributed by atoms with Crippen LogP contribution in [0.15, 0.2) is 35.3 Å².